The van der Waals surface area contributed by atoms with Gasteiger partial charge in [0, 0.05) is 24.9 Å². The highest BCUT2D eigenvalue weighted by atomic mass is 32.1. The van der Waals surface area contributed by atoms with Gasteiger partial charge in [0.25, 0.3) is 5.91 Å². The summed E-state index contributed by atoms with van der Waals surface area (Å²) in [5.41, 5.74) is 1.32. The lowest BCUT2D eigenvalue weighted by Gasteiger charge is -2.22. The highest BCUT2D eigenvalue weighted by molar-refractivity contribution is 7.09. The van der Waals surface area contributed by atoms with Crippen LogP contribution in [-0.2, 0) is 13.1 Å². The standard InChI is InChI=1S/C17H26N6OS/c1-12(2)16-19-14(11-25-16)9-22(3)17(24)15-10-23(21-20-15)8-13-5-4-6-18-7-13/h10-13,18H,4-9H2,1-3H3/t13-/m1/s1. The molecule has 136 valence electrons. The molecule has 7 nitrogen and oxygen atoms in total. The molecule has 2 aromatic rings. The van der Waals surface area contributed by atoms with Crippen LogP contribution in [-0.4, -0.2) is 50.9 Å². The molecule has 0 spiro atoms. The van der Waals surface area contributed by atoms with Crippen LogP contribution >= 0.6 is 11.3 Å². The number of carbonyl (C=O) groups excluding carboxylic acids is 1. The van der Waals surface area contributed by atoms with Gasteiger partial charge in [-0.15, -0.1) is 16.4 Å². The molecular formula is C17H26N6OS. The molecule has 0 aromatic carbocycles. The van der Waals surface area contributed by atoms with Crippen LogP contribution in [0.15, 0.2) is 11.6 Å². The summed E-state index contributed by atoms with van der Waals surface area (Å²) in [6, 6.07) is 0. The topological polar surface area (TPSA) is 75.9 Å². The molecule has 1 fully saturated rings. The normalized spacial score (nSPS) is 17.8. The lowest BCUT2D eigenvalue weighted by Crippen LogP contribution is -2.32. The van der Waals surface area contributed by atoms with Gasteiger partial charge in [-0.3, -0.25) is 9.48 Å². The molecule has 8 heteroatoms. The molecule has 1 N–H and O–H groups in total. The first-order valence-electron chi connectivity index (χ1n) is 8.83. The fourth-order valence-electron chi connectivity index (χ4n) is 3.00. The predicted molar refractivity (Wildman–Crippen MR) is 97.6 cm³/mol. The Labute approximate surface area is 152 Å². The van der Waals surface area contributed by atoms with Crippen molar-refractivity contribution in [3.8, 4) is 0 Å². The van der Waals surface area contributed by atoms with E-state index in [9.17, 15) is 4.79 Å². The quantitative estimate of drug-likeness (QED) is 0.852. The zero-order valence-corrected chi connectivity index (χ0v) is 15.9. The molecule has 1 aliphatic heterocycles. The molecule has 0 radical (unpaired) electrons. The van der Waals surface area contributed by atoms with E-state index in [1.54, 1.807) is 34.2 Å². The van der Waals surface area contributed by atoms with E-state index in [0.29, 0.717) is 24.1 Å². The summed E-state index contributed by atoms with van der Waals surface area (Å²) < 4.78 is 1.79. The van der Waals surface area contributed by atoms with Gasteiger partial charge < -0.3 is 10.2 Å². The Morgan fingerprint density at radius 2 is 2.36 bits per heavy atom. The van der Waals surface area contributed by atoms with Crippen molar-refractivity contribution in [1.82, 2.24) is 30.2 Å². The molecule has 2 aromatic heterocycles. The minimum absolute atomic E-state index is 0.118. The van der Waals surface area contributed by atoms with Gasteiger partial charge in [-0.1, -0.05) is 19.1 Å². The average molecular weight is 363 g/mol. The Kier molecular flexibility index (Phi) is 5.80. The summed E-state index contributed by atoms with van der Waals surface area (Å²) in [4.78, 5) is 18.8. The molecular weight excluding hydrogens is 336 g/mol. The number of hydrogen-bond acceptors (Lipinski definition) is 6. The summed E-state index contributed by atoms with van der Waals surface area (Å²) in [6.45, 7) is 7.64. The molecule has 0 aliphatic carbocycles. The predicted octanol–water partition coefficient (Wildman–Crippen LogP) is 2.13. The van der Waals surface area contributed by atoms with Crippen LogP contribution in [0.4, 0.5) is 0 Å². The van der Waals surface area contributed by atoms with Gasteiger partial charge in [0.15, 0.2) is 5.69 Å². The number of nitrogens with zero attached hydrogens (tertiary/aromatic N) is 5. The van der Waals surface area contributed by atoms with Crippen molar-refractivity contribution in [3.63, 3.8) is 0 Å². The SMILES string of the molecule is CC(C)c1nc(CN(C)C(=O)c2cn(C[C@@H]3CCCNC3)nn2)cs1. The van der Waals surface area contributed by atoms with Crippen LogP contribution in [0, 0.1) is 5.92 Å². The van der Waals surface area contributed by atoms with Gasteiger partial charge in [0.05, 0.1) is 23.4 Å². The number of piperidine rings is 1. The summed E-state index contributed by atoms with van der Waals surface area (Å²) in [7, 11) is 1.78. The lowest BCUT2D eigenvalue weighted by atomic mass is 10.00. The van der Waals surface area contributed by atoms with E-state index in [2.05, 4.69) is 34.5 Å². The minimum atomic E-state index is -0.118. The maximum Gasteiger partial charge on any atom is 0.276 e. The molecule has 3 rings (SSSR count). The van der Waals surface area contributed by atoms with Crippen LogP contribution in [0.2, 0.25) is 0 Å². The van der Waals surface area contributed by atoms with Gasteiger partial charge in [0.2, 0.25) is 0 Å². The van der Waals surface area contributed by atoms with E-state index < -0.39 is 0 Å². The van der Waals surface area contributed by atoms with E-state index in [-0.39, 0.29) is 5.91 Å². The van der Waals surface area contributed by atoms with E-state index in [4.69, 9.17) is 0 Å². The second kappa shape index (κ2) is 8.05. The number of carbonyl (C=O) groups is 1. The fraction of sp³-hybridized carbons (Fsp3) is 0.647. The Morgan fingerprint density at radius 1 is 1.52 bits per heavy atom. The van der Waals surface area contributed by atoms with E-state index in [1.807, 2.05) is 5.38 Å². The molecule has 1 aliphatic rings. The second-order valence-corrected chi connectivity index (χ2v) is 7.92. The minimum Gasteiger partial charge on any atom is -0.334 e. The first-order valence-corrected chi connectivity index (χ1v) is 9.71. The summed E-state index contributed by atoms with van der Waals surface area (Å²) >= 11 is 1.64. The zero-order chi connectivity index (χ0) is 17.8. The Morgan fingerprint density at radius 3 is 3.04 bits per heavy atom. The van der Waals surface area contributed by atoms with E-state index >= 15 is 0 Å². The van der Waals surface area contributed by atoms with E-state index in [0.717, 1.165) is 30.3 Å². The van der Waals surface area contributed by atoms with Gasteiger partial charge in [-0.05, 0) is 31.8 Å². The van der Waals surface area contributed by atoms with Crippen LogP contribution in [0.3, 0.4) is 0 Å². The molecule has 1 atom stereocenters. The largest absolute Gasteiger partial charge is 0.334 e. The van der Waals surface area contributed by atoms with Crippen molar-refractivity contribution in [2.45, 2.75) is 45.7 Å². The van der Waals surface area contributed by atoms with Gasteiger partial charge >= 0.3 is 0 Å². The van der Waals surface area contributed by atoms with Gasteiger partial charge in [-0.25, -0.2) is 4.98 Å². The number of thiazole rings is 1. The van der Waals surface area contributed by atoms with Crippen LogP contribution < -0.4 is 5.32 Å². The number of rotatable bonds is 6. The number of hydrogen-bond donors (Lipinski definition) is 1. The first kappa shape index (κ1) is 18.0. The molecule has 1 amide bonds. The maximum absolute atomic E-state index is 12.6. The molecule has 3 heterocycles. The Balaban J connectivity index is 1.58. The zero-order valence-electron chi connectivity index (χ0n) is 15.1. The highest BCUT2D eigenvalue weighted by Crippen LogP contribution is 2.20. The van der Waals surface area contributed by atoms with Crippen LogP contribution in [0.1, 0.15) is 53.8 Å². The number of nitrogens with one attached hydrogen (secondary N) is 1. The molecule has 0 unspecified atom stereocenters. The molecule has 0 bridgehead atoms. The highest BCUT2D eigenvalue weighted by Gasteiger charge is 2.19. The second-order valence-electron chi connectivity index (χ2n) is 7.03. The van der Waals surface area contributed by atoms with Crippen molar-refractivity contribution in [3.05, 3.63) is 28.0 Å². The van der Waals surface area contributed by atoms with Crippen LogP contribution in [0.5, 0.6) is 0 Å². The first-order chi connectivity index (χ1) is 12.0. The number of amides is 1. The van der Waals surface area contributed by atoms with Crippen molar-refractivity contribution >= 4 is 17.2 Å². The third-order valence-electron chi connectivity index (χ3n) is 4.41. The maximum atomic E-state index is 12.6. The Hall–Kier alpha value is -1.80. The monoisotopic (exact) mass is 362 g/mol. The smallest absolute Gasteiger partial charge is 0.276 e. The lowest BCUT2D eigenvalue weighted by molar-refractivity contribution is 0.0777. The van der Waals surface area contributed by atoms with Crippen molar-refractivity contribution in [2.24, 2.45) is 5.92 Å². The van der Waals surface area contributed by atoms with Gasteiger partial charge in [-0.2, -0.15) is 0 Å². The third kappa shape index (κ3) is 4.64. The average Bonchev–Trinajstić information content (AvgIpc) is 3.25. The van der Waals surface area contributed by atoms with Crippen molar-refractivity contribution in [1.29, 1.82) is 0 Å². The van der Waals surface area contributed by atoms with Crippen molar-refractivity contribution in [2.75, 3.05) is 20.1 Å². The summed E-state index contributed by atoms with van der Waals surface area (Å²) in [6.07, 6.45) is 4.14. The van der Waals surface area contributed by atoms with Crippen LogP contribution in [0.25, 0.3) is 0 Å². The fourth-order valence-corrected chi connectivity index (χ4v) is 3.83. The molecule has 25 heavy (non-hydrogen) atoms. The van der Waals surface area contributed by atoms with Crippen molar-refractivity contribution < 1.29 is 4.79 Å². The Bertz CT molecular complexity index is 704. The molecule has 0 saturated carbocycles. The molecule has 1 saturated heterocycles. The summed E-state index contributed by atoms with van der Waals surface area (Å²) in [5, 5.41) is 14.7. The third-order valence-corrected chi connectivity index (χ3v) is 5.61. The van der Waals surface area contributed by atoms with E-state index in [1.165, 1.54) is 12.8 Å². The summed E-state index contributed by atoms with van der Waals surface area (Å²) in [5.74, 6) is 0.849. The number of aromatic nitrogens is 4. The van der Waals surface area contributed by atoms with Gasteiger partial charge in [0.1, 0.15) is 0 Å².